The lowest BCUT2D eigenvalue weighted by Gasteiger charge is -2.29. The zero-order valence-electron chi connectivity index (χ0n) is 16.1. The lowest BCUT2D eigenvalue weighted by Crippen LogP contribution is -2.38. The molecule has 2 aromatic rings. The first-order valence-corrected chi connectivity index (χ1v) is 9.77. The first-order chi connectivity index (χ1) is 12.8. The summed E-state index contributed by atoms with van der Waals surface area (Å²) in [5.41, 5.74) is 3.87. The van der Waals surface area contributed by atoms with Gasteiger partial charge in [0.2, 0.25) is 0 Å². The van der Waals surface area contributed by atoms with Crippen molar-refractivity contribution in [3.05, 3.63) is 68.7 Å². The van der Waals surface area contributed by atoms with Crippen molar-refractivity contribution in [2.45, 2.75) is 31.6 Å². The first kappa shape index (κ1) is 19.6. The molecule has 0 aliphatic heterocycles. The molecule has 0 saturated carbocycles. The molecule has 4 nitrogen and oxygen atoms in total. The zero-order valence-corrected chi connectivity index (χ0v) is 17.7. The van der Waals surface area contributed by atoms with E-state index in [1.54, 1.807) is 19.0 Å². The number of ether oxygens (including phenoxy) is 1. The van der Waals surface area contributed by atoms with Crippen LogP contribution in [0.15, 0.2) is 40.9 Å². The van der Waals surface area contributed by atoms with Gasteiger partial charge in [0, 0.05) is 24.1 Å². The summed E-state index contributed by atoms with van der Waals surface area (Å²) >= 11 is 3.64. The third-order valence-corrected chi connectivity index (χ3v) is 6.09. The predicted octanol–water partition coefficient (Wildman–Crippen LogP) is 4.06. The molecule has 142 valence electrons. The van der Waals surface area contributed by atoms with Crippen molar-refractivity contribution < 1.29 is 14.3 Å². The number of fused-ring (bicyclic) bond motifs is 1. The maximum absolute atomic E-state index is 13.0. The van der Waals surface area contributed by atoms with Crippen molar-refractivity contribution in [2.75, 3.05) is 21.2 Å². The lowest BCUT2D eigenvalue weighted by molar-refractivity contribution is -0.147. The molecule has 1 amide bonds. The van der Waals surface area contributed by atoms with Crippen LogP contribution in [-0.4, -0.2) is 38.0 Å². The summed E-state index contributed by atoms with van der Waals surface area (Å²) in [6, 6.07) is 11.9. The standard InChI is InChI=1S/C22H24BrNO3/c1-14-11-16(20(25)24(2)3)17(19(23)12-14)13-22(21(26)27-4)10-9-15-7-5-6-8-18(15)22/h5-8,11-12H,9-10,13H2,1-4H3. The van der Waals surface area contributed by atoms with Gasteiger partial charge in [-0.05, 0) is 60.6 Å². The van der Waals surface area contributed by atoms with E-state index in [9.17, 15) is 9.59 Å². The minimum absolute atomic E-state index is 0.0688. The van der Waals surface area contributed by atoms with Crippen molar-refractivity contribution in [1.29, 1.82) is 0 Å². The van der Waals surface area contributed by atoms with Gasteiger partial charge in [0.1, 0.15) is 0 Å². The van der Waals surface area contributed by atoms with Crippen LogP contribution in [0.5, 0.6) is 0 Å². The maximum Gasteiger partial charge on any atom is 0.316 e. The van der Waals surface area contributed by atoms with Gasteiger partial charge in [0.15, 0.2) is 0 Å². The SMILES string of the molecule is COC(=O)C1(Cc2c(Br)cc(C)cc2C(=O)N(C)C)CCc2ccccc21. The molecule has 1 aliphatic rings. The number of halogens is 1. The average Bonchev–Trinajstić information content (AvgIpc) is 3.02. The van der Waals surface area contributed by atoms with Gasteiger partial charge in [-0.3, -0.25) is 9.59 Å². The van der Waals surface area contributed by atoms with Gasteiger partial charge in [0.25, 0.3) is 5.91 Å². The second-order valence-corrected chi connectivity index (χ2v) is 8.23. The molecule has 1 unspecified atom stereocenters. The number of esters is 1. The van der Waals surface area contributed by atoms with Gasteiger partial charge in [-0.25, -0.2) is 0 Å². The van der Waals surface area contributed by atoms with Crippen LogP contribution in [0.4, 0.5) is 0 Å². The number of carbonyl (C=O) groups excluding carboxylic acids is 2. The molecule has 5 heteroatoms. The molecule has 0 N–H and O–H groups in total. The minimum atomic E-state index is -0.773. The van der Waals surface area contributed by atoms with E-state index in [1.165, 1.54) is 12.7 Å². The number of amides is 1. The molecule has 1 atom stereocenters. The van der Waals surface area contributed by atoms with Crippen LogP contribution in [0.2, 0.25) is 0 Å². The number of benzene rings is 2. The Labute approximate surface area is 168 Å². The van der Waals surface area contributed by atoms with Crippen LogP contribution in [0, 0.1) is 6.92 Å². The summed E-state index contributed by atoms with van der Waals surface area (Å²) in [5, 5.41) is 0. The largest absolute Gasteiger partial charge is 0.468 e. The molecule has 0 saturated heterocycles. The normalized spacial score (nSPS) is 18.1. The van der Waals surface area contributed by atoms with Crippen LogP contribution in [0.3, 0.4) is 0 Å². The Balaban J connectivity index is 2.17. The van der Waals surface area contributed by atoms with Gasteiger partial charge < -0.3 is 9.64 Å². The number of aryl methyl sites for hydroxylation is 2. The van der Waals surface area contributed by atoms with Crippen LogP contribution in [0.25, 0.3) is 0 Å². The smallest absolute Gasteiger partial charge is 0.316 e. The van der Waals surface area contributed by atoms with E-state index in [0.29, 0.717) is 18.4 Å². The van der Waals surface area contributed by atoms with E-state index in [1.807, 2.05) is 37.3 Å². The van der Waals surface area contributed by atoms with E-state index >= 15 is 0 Å². The van der Waals surface area contributed by atoms with Crippen molar-refractivity contribution in [2.24, 2.45) is 0 Å². The van der Waals surface area contributed by atoms with Crippen molar-refractivity contribution >= 4 is 27.8 Å². The highest BCUT2D eigenvalue weighted by Gasteiger charge is 2.47. The molecule has 0 bridgehead atoms. The van der Waals surface area contributed by atoms with Crippen molar-refractivity contribution in [3.63, 3.8) is 0 Å². The molecule has 27 heavy (non-hydrogen) atoms. The van der Waals surface area contributed by atoms with E-state index in [0.717, 1.165) is 27.6 Å². The molecule has 0 aromatic heterocycles. The van der Waals surface area contributed by atoms with Crippen LogP contribution in [0.1, 0.15) is 39.0 Å². The third kappa shape index (κ3) is 3.41. The number of hydrogen-bond acceptors (Lipinski definition) is 3. The van der Waals surface area contributed by atoms with Crippen LogP contribution in [-0.2, 0) is 27.8 Å². The number of carbonyl (C=O) groups is 2. The molecule has 3 rings (SSSR count). The van der Waals surface area contributed by atoms with Crippen LogP contribution < -0.4 is 0 Å². The fraction of sp³-hybridized carbons (Fsp3) is 0.364. The fourth-order valence-electron chi connectivity index (χ4n) is 4.04. The number of hydrogen-bond donors (Lipinski definition) is 0. The summed E-state index contributed by atoms with van der Waals surface area (Å²) < 4.78 is 6.08. The molecular formula is C22H24BrNO3. The topological polar surface area (TPSA) is 46.6 Å². The molecular weight excluding hydrogens is 406 g/mol. The Kier molecular flexibility index (Phi) is 5.43. The van der Waals surface area contributed by atoms with Gasteiger partial charge >= 0.3 is 5.97 Å². The zero-order chi connectivity index (χ0) is 19.8. The Bertz CT molecular complexity index is 906. The highest BCUT2D eigenvalue weighted by Crippen LogP contribution is 2.44. The van der Waals surface area contributed by atoms with E-state index in [4.69, 9.17) is 4.74 Å². The second kappa shape index (κ2) is 7.47. The molecule has 0 radical (unpaired) electrons. The van der Waals surface area contributed by atoms with E-state index < -0.39 is 5.41 Å². The second-order valence-electron chi connectivity index (χ2n) is 7.38. The molecule has 0 fully saturated rings. The van der Waals surface area contributed by atoms with Crippen molar-refractivity contribution in [3.8, 4) is 0 Å². The predicted molar refractivity (Wildman–Crippen MR) is 109 cm³/mol. The first-order valence-electron chi connectivity index (χ1n) is 8.97. The van der Waals surface area contributed by atoms with Gasteiger partial charge in [0.05, 0.1) is 12.5 Å². The third-order valence-electron chi connectivity index (χ3n) is 5.39. The Morgan fingerprint density at radius 3 is 2.59 bits per heavy atom. The summed E-state index contributed by atoms with van der Waals surface area (Å²) in [7, 11) is 4.91. The van der Waals surface area contributed by atoms with E-state index in [2.05, 4.69) is 22.0 Å². The summed E-state index contributed by atoms with van der Waals surface area (Å²) in [6.07, 6.45) is 1.92. The number of rotatable bonds is 4. The average molecular weight is 430 g/mol. The summed E-state index contributed by atoms with van der Waals surface area (Å²) in [6.45, 7) is 1.96. The fourth-order valence-corrected chi connectivity index (χ4v) is 4.75. The van der Waals surface area contributed by atoms with E-state index in [-0.39, 0.29) is 11.9 Å². The summed E-state index contributed by atoms with van der Waals surface area (Å²) in [4.78, 5) is 27.4. The van der Waals surface area contributed by atoms with Gasteiger partial charge in [-0.15, -0.1) is 0 Å². The lowest BCUT2D eigenvalue weighted by atomic mass is 9.75. The molecule has 0 heterocycles. The number of nitrogens with zero attached hydrogens (tertiary/aromatic N) is 1. The Morgan fingerprint density at radius 1 is 1.22 bits per heavy atom. The molecule has 2 aromatic carbocycles. The van der Waals surface area contributed by atoms with Crippen molar-refractivity contribution in [1.82, 2.24) is 4.90 Å². The Morgan fingerprint density at radius 2 is 1.93 bits per heavy atom. The molecule has 1 aliphatic carbocycles. The van der Waals surface area contributed by atoms with Crippen LogP contribution >= 0.6 is 15.9 Å². The highest BCUT2D eigenvalue weighted by molar-refractivity contribution is 9.10. The van der Waals surface area contributed by atoms with Gasteiger partial charge in [-0.1, -0.05) is 40.2 Å². The quantitative estimate of drug-likeness (QED) is 0.688. The Hall–Kier alpha value is -2.14. The highest BCUT2D eigenvalue weighted by atomic mass is 79.9. The van der Waals surface area contributed by atoms with Gasteiger partial charge in [-0.2, -0.15) is 0 Å². The number of methoxy groups -OCH3 is 1. The minimum Gasteiger partial charge on any atom is -0.468 e. The molecule has 0 spiro atoms. The maximum atomic E-state index is 13.0. The summed E-state index contributed by atoms with van der Waals surface area (Å²) in [5.74, 6) is -0.316. The monoisotopic (exact) mass is 429 g/mol.